The Kier molecular flexibility index (Phi) is 6.83. The molecule has 0 bridgehead atoms. The second-order valence-corrected chi connectivity index (χ2v) is 6.60. The molecular weight excluding hydrogens is 330 g/mol. The van der Waals surface area contributed by atoms with Gasteiger partial charge in [-0.3, -0.25) is 9.59 Å². The lowest BCUT2D eigenvalue weighted by molar-refractivity contribution is -0.142. The Morgan fingerprint density at radius 2 is 2.00 bits per heavy atom. The number of hydrogen-bond acceptors (Lipinski definition) is 3. The molecule has 0 aliphatic rings. The molecule has 0 saturated carbocycles. The van der Waals surface area contributed by atoms with Crippen LogP contribution in [0.3, 0.4) is 0 Å². The summed E-state index contributed by atoms with van der Waals surface area (Å²) in [7, 11) is 1.94. The minimum atomic E-state index is -0.172. The van der Waals surface area contributed by atoms with Crippen molar-refractivity contribution in [2.75, 3.05) is 13.1 Å². The number of nitrogens with zero attached hydrogens (tertiary/aromatic N) is 3. The third-order valence-corrected chi connectivity index (χ3v) is 4.16. The summed E-state index contributed by atoms with van der Waals surface area (Å²) in [5.41, 5.74) is 1.01. The van der Waals surface area contributed by atoms with Crippen LogP contribution in [0.2, 0.25) is 0 Å². The van der Waals surface area contributed by atoms with Crippen LogP contribution in [-0.2, 0) is 29.7 Å². The van der Waals surface area contributed by atoms with Crippen LogP contribution >= 0.6 is 0 Å². The van der Waals surface area contributed by atoms with Gasteiger partial charge in [0.15, 0.2) is 0 Å². The second kappa shape index (κ2) is 9.08. The van der Waals surface area contributed by atoms with Crippen molar-refractivity contribution in [2.45, 2.75) is 26.9 Å². The Hall–Kier alpha value is -2.76. The van der Waals surface area contributed by atoms with Crippen molar-refractivity contribution in [3.63, 3.8) is 0 Å². The largest absolute Gasteiger partial charge is 0.467 e. The van der Waals surface area contributed by atoms with E-state index in [2.05, 4.69) is 6.58 Å². The Bertz CT molecular complexity index is 731. The van der Waals surface area contributed by atoms with Crippen molar-refractivity contribution in [1.82, 2.24) is 14.4 Å². The number of furan rings is 1. The number of hydrogen-bond donors (Lipinski definition) is 0. The fraction of sp³-hybridized carbons (Fsp3) is 0.400. The van der Waals surface area contributed by atoms with Crippen LogP contribution < -0.4 is 0 Å². The van der Waals surface area contributed by atoms with Gasteiger partial charge in [-0.1, -0.05) is 19.9 Å². The zero-order valence-corrected chi connectivity index (χ0v) is 15.7. The molecule has 6 nitrogen and oxygen atoms in total. The zero-order chi connectivity index (χ0) is 19.1. The van der Waals surface area contributed by atoms with E-state index >= 15 is 0 Å². The molecule has 0 aliphatic carbocycles. The highest BCUT2D eigenvalue weighted by Crippen LogP contribution is 2.12. The van der Waals surface area contributed by atoms with E-state index in [-0.39, 0.29) is 24.3 Å². The van der Waals surface area contributed by atoms with Crippen molar-refractivity contribution >= 4 is 11.8 Å². The summed E-state index contributed by atoms with van der Waals surface area (Å²) in [6, 6.07) is 7.55. The highest BCUT2D eigenvalue weighted by Gasteiger charge is 2.23. The quantitative estimate of drug-likeness (QED) is 0.649. The van der Waals surface area contributed by atoms with E-state index in [1.54, 1.807) is 28.2 Å². The maximum absolute atomic E-state index is 13.0. The number of carbonyl (C=O) groups excluding carboxylic acids is 2. The second-order valence-electron chi connectivity index (χ2n) is 6.60. The lowest BCUT2D eigenvalue weighted by Crippen LogP contribution is -2.44. The van der Waals surface area contributed by atoms with Crippen molar-refractivity contribution in [3.05, 3.63) is 60.8 Å². The SMILES string of the molecule is C=CCN(CC(=O)N(Cc1ccco1)Cc1cccn1C)C(=O)C(C)C. The van der Waals surface area contributed by atoms with Gasteiger partial charge in [0.05, 0.1) is 19.4 Å². The smallest absolute Gasteiger partial charge is 0.242 e. The molecule has 0 atom stereocenters. The summed E-state index contributed by atoms with van der Waals surface area (Å²) >= 11 is 0. The first-order valence-electron chi connectivity index (χ1n) is 8.72. The van der Waals surface area contributed by atoms with E-state index in [1.165, 1.54) is 0 Å². The Balaban J connectivity index is 2.16. The van der Waals surface area contributed by atoms with Crippen LogP contribution in [0.5, 0.6) is 0 Å². The molecule has 0 spiro atoms. The van der Waals surface area contributed by atoms with Gasteiger partial charge in [0.2, 0.25) is 11.8 Å². The number of amides is 2. The molecule has 0 N–H and O–H groups in total. The first kappa shape index (κ1) is 19.6. The van der Waals surface area contributed by atoms with Gasteiger partial charge in [-0.05, 0) is 24.3 Å². The Morgan fingerprint density at radius 3 is 2.54 bits per heavy atom. The summed E-state index contributed by atoms with van der Waals surface area (Å²) in [5.74, 6) is 0.348. The average molecular weight is 357 g/mol. The predicted molar refractivity (Wildman–Crippen MR) is 100.0 cm³/mol. The molecule has 26 heavy (non-hydrogen) atoms. The molecule has 0 radical (unpaired) electrons. The van der Waals surface area contributed by atoms with Crippen LogP contribution in [0.15, 0.2) is 53.8 Å². The molecule has 0 aliphatic heterocycles. The lowest BCUT2D eigenvalue weighted by atomic mass is 10.2. The molecule has 2 rings (SSSR count). The summed E-state index contributed by atoms with van der Waals surface area (Å²) in [6.07, 6.45) is 5.17. The van der Waals surface area contributed by atoms with E-state index in [1.807, 2.05) is 49.9 Å². The third kappa shape index (κ3) is 5.12. The summed E-state index contributed by atoms with van der Waals surface area (Å²) in [4.78, 5) is 28.6. The van der Waals surface area contributed by atoms with Gasteiger partial charge >= 0.3 is 0 Å². The minimum absolute atomic E-state index is 0.0220. The third-order valence-electron chi connectivity index (χ3n) is 4.16. The van der Waals surface area contributed by atoms with Crippen LogP contribution in [0.4, 0.5) is 0 Å². The van der Waals surface area contributed by atoms with E-state index in [0.29, 0.717) is 25.4 Å². The van der Waals surface area contributed by atoms with E-state index in [0.717, 1.165) is 5.69 Å². The van der Waals surface area contributed by atoms with Crippen LogP contribution in [-0.4, -0.2) is 39.3 Å². The Labute approximate surface area is 154 Å². The van der Waals surface area contributed by atoms with Crippen molar-refractivity contribution in [1.29, 1.82) is 0 Å². The van der Waals surface area contributed by atoms with Gasteiger partial charge in [0.1, 0.15) is 12.3 Å². The molecule has 0 fully saturated rings. The van der Waals surface area contributed by atoms with Crippen molar-refractivity contribution in [2.24, 2.45) is 13.0 Å². The van der Waals surface area contributed by atoms with Gasteiger partial charge in [-0.25, -0.2) is 0 Å². The normalized spacial score (nSPS) is 10.8. The predicted octanol–water partition coefficient (Wildman–Crippen LogP) is 2.82. The van der Waals surface area contributed by atoms with Crippen LogP contribution in [0.1, 0.15) is 25.3 Å². The number of aromatic nitrogens is 1. The molecule has 2 aromatic rings. The van der Waals surface area contributed by atoms with Crippen LogP contribution in [0.25, 0.3) is 0 Å². The topological polar surface area (TPSA) is 58.7 Å². The van der Waals surface area contributed by atoms with Crippen molar-refractivity contribution < 1.29 is 14.0 Å². The van der Waals surface area contributed by atoms with E-state index in [4.69, 9.17) is 4.42 Å². The highest BCUT2D eigenvalue weighted by molar-refractivity contribution is 5.85. The van der Waals surface area contributed by atoms with Gasteiger partial charge in [-0.2, -0.15) is 0 Å². The molecule has 0 aromatic carbocycles. The lowest BCUT2D eigenvalue weighted by Gasteiger charge is -2.27. The summed E-state index contributed by atoms with van der Waals surface area (Å²) < 4.78 is 7.38. The molecule has 2 aromatic heterocycles. The van der Waals surface area contributed by atoms with Gasteiger partial charge in [0.25, 0.3) is 0 Å². The van der Waals surface area contributed by atoms with E-state index < -0.39 is 0 Å². The minimum Gasteiger partial charge on any atom is -0.467 e. The van der Waals surface area contributed by atoms with Crippen molar-refractivity contribution in [3.8, 4) is 0 Å². The molecule has 2 amide bonds. The summed E-state index contributed by atoms with van der Waals surface area (Å²) in [5, 5.41) is 0. The molecule has 0 saturated heterocycles. The average Bonchev–Trinajstić information content (AvgIpc) is 3.25. The fourth-order valence-electron chi connectivity index (χ4n) is 2.70. The molecule has 140 valence electrons. The standard InChI is InChI=1S/C20H27N3O3/c1-5-10-22(20(25)16(2)3)15-19(24)23(14-18-9-7-12-26-18)13-17-8-6-11-21(17)4/h5-9,11-12,16H,1,10,13-15H2,2-4H3. The molecule has 2 heterocycles. The maximum atomic E-state index is 13.0. The van der Waals surface area contributed by atoms with Gasteiger partial charge < -0.3 is 18.8 Å². The molecule has 6 heteroatoms. The van der Waals surface area contributed by atoms with Crippen LogP contribution in [0, 0.1) is 5.92 Å². The first-order valence-corrected chi connectivity index (χ1v) is 8.72. The first-order chi connectivity index (χ1) is 12.4. The highest BCUT2D eigenvalue weighted by atomic mass is 16.3. The maximum Gasteiger partial charge on any atom is 0.242 e. The molecular formula is C20H27N3O3. The fourth-order valence-corrected chi connectivity index (χ4v) is 2.70. The number of carbonyl (C=O) groups is 2. The molecule has 0 unspecified atom stereocenters. The zero-order valence-electron chi connectivity index (χ0n) is 15.7. The number of rotatable bonds is 9. The van der Waals surface area contributed by atoms with Gasteiger partial charge in [-0.15, -0.1) is 6.58 Å². The van der Waals surface area contributed by atoms with E-state index in [9.17, 15) is 9.59 Å². The summed E-state index contributed by atoms with van der Waals surface area (Å²) in [6.45, 7) is 8.52. The number of aryl methyl sites for hydroxylation is 1. The monoisotopic (exact) mass is 357 g/mol. The van der Waals surface area contributed by atoms with Gasteiger partial charge in [0, 0.05) is 31.4 Å². The Morgan fingerprint density at radius 1 is 1.23 bits per heavy atom.